The number of anilines is 1. The van der Waals surface area contributed by atoms with Gasteiger partial charge in [0.05, 0.1) is 0 Å². The SMILES string of the molecule is NCCCNCc1ccc(N2C=c3cc(CCS)[nH]c3=NC2O)cc1. The maximum Gasteiger partial charge on any atom is 0.231 e. The Morgan fingerprint density at radius 3 is 2.84 bits per heavy atom. The van der Waals surface area contributed by atoms with Crippen LogP contribution in [0.5, 0.6) is 0 Å². The average molecular weight is 359 g/mol. The highest BCUT2D eigenvalue weighted by molar-refractivity contribution is 7.80. The van der Waals surface area contributed by atoms with Gasteiger partial charge < -0.3 is 26.0 Å². The molecule has 0 saturated carbocycles. The predicted octanol–water partition coefficient (Wildman–Crippen LogP) is 0.0791. The lowest BCUT2D eigenvalue weighted by molar-refractivity contribution is 0.186. The van der Waals surface area contributed by atoms with Crippen LogP contribution in [0.25, 0.3) is 6.20 Å². The molecule has 1 aliphatic heterocycles. The van der Waals surface area contributed by atoms with Gasteiger partial charge in [-0.15, -0.1) is 0 Å². The zero-order valence-electron chi connectivity index (χ0n) is 14.2. The zero-order chi connectivity index (χ0) is 17.6. The average Bonchev–Trinajstić information content (AvgIpc) is 3.00. The van der Waals surface area contributed by atoms with E-state index in [4.69, 9.17) is 5.73 Å². The normalized spacial score (nSPS) is 16.3. The smallest absolute Gasteiger partial charge is 0.231 e. The molecule has 0 fully saturated rings. The summed E-state index contributed by atoms with van der Waals surface area (Å²) in [5, 5.41) is 14.7. The van der Waals surface area contributed by atoms with Crippen LogP contribution in [0.2, 0.25) is 0 Å². The molecule has 5 N–H and O–H groups in total. The maximum atomic E-state index is 10.3. The topological polar surface area (TPSA) is 89.7 Å². The van der Waals surface area contributed by atoms with Crippen molar-refractivity contribution in [1.29, 1.82) is 0 Å². The standard InChI is InChI=1S/C18H25N5OS/c19-7-1-8-20-11-13-2-4-16(5-3-13)23-12-14-10-15(6-9-25)21-17(14)22-18(23)24/h2-5,10,12,18,20,24-25H,1,6-9,11,19H2,(H,21,22). The maximum absolute atomic E-state index is 10.3. The summed E-state index contributed by atoms with van der Waals surface area (Å²) in [4.78, 5) is 9.34. The van der Waals surface area contributed by atoms with Gasteiger partial charge in [-0.2, -0.15) is 12.6 Å². The molecule has 1 atom stereocenters. The van der Waals surface area contributed by atoms with Gasteiger partial charge in [-0.1, -0.05) is 12.1 Å². The summed E-state index contributed by atoms with van der Waals surface area (Å²) >= 11 is 4.26. The van der Waals surface area contributed by atoms with E-state index < -0.39 is 6.35 Å². The van der Waals surface area contributed by atoms with Crippen molar-refractivity contribution in [3.8, 4) is 0 Å². The molecule has 2 heterocycles. The van der Waals surface area contributed by atoms with E-state index in [0.717, 1.165) is 53.8 Å². The lowest BCUT2D eigenvalue weighted by atomic mass is 10.2. The van der Waals surface area contributed by atoms with Crippen LogP contribution in [-0.4, -0.2) is 35.3 Å². The molecule has 1 aromatic heterocycles. The van der Waals surface area contributed by atoms with Gasteiger partial charge in [0.25, 0.3) is 0 Å². The molecule has 0 radical (unpaired) electrons. The minimum atomic E-state index is -0.927. The van der Waals surface area contributed by atoms with Gasteiger partial charge in [0, 0.05) is 29.3 Å². The Labute approximate surface area is 152 Å². The molecule has 7 heteroatoms. The lowest BCUT2D eigenvalue weighted by Crippen LogP contribution is -2.41. The first-order valence-corrected chi connectivity index (χ1v) is 9.19. The minimum Gasteiger partial charge on any atom is -0.355 e. The number of benzene rings is 1. The number of nitrogens with zero attached hydrogens (tertiary/aromatic N) is 2. The van der Waals surface area contributed by atoms with Crippen molar-refractivity contribution in [2.45, 2.75) is 25.7 Å². The molecule has 3 rings (SSSR count). The second-order valence-corrected chi connectivity index (χ2v) is 6.52. The first-order chi connectivity index (χ1) is 12.2. The number of fused-ring (bicyclic) bond motifs is 1. The Kier molecular flexibility index (Phi) is 6.14. The van der Waals surface area contributed by atoms with Gasteiger partial charge >= 0.3 is 0 Å². The highest BCUT2D eigenvalue weighted by Crippen LogP contribution is 2.19. The number of nitrogens with two attached hydrogens (primary N) is 1. The van der Waals surface area contributed by atoms with Crippen LogP contribution >= 0.6 is 12.6 Å². The van der Waals surface area contributed by atoms with Crippen molar-refractivity contribution >= 4 is 24.5 Å². The molecule has 1 aliphatic rings. The summed E-state index contributed by atoms with van der Waals surface area (Å²) in [6, 6.07) is 10.2. The van der Waals surface area contributed by atoms with E-state index in [1.165, 1.54) is 5.56 Å². The molecule has 0 saturated heterocycles. The summed E-state index contributed by atoms with van der Waals surface area (Å²) < 4.78 is 0. The molecule has 1 unspecified atom stereocenters. The van der Waals surface area contributed by atoms with Crippen molar-refractivity contribution in [2.75, 3.05) is 23.7 Å². The number of nitrogens with one attached hydrogen (secondary N) is 2. The van der Waals surface area contributed by atoms with Crippen molar-refractivity contribution < 1.29 is 5.11 Å². The van der Waals surface area contributed by atoms with Crippen molar-refractivity contribution in [1.82, 2.24) is 10.3 Å². The predicted molar refractivity (Wildman–Crippen MR) is 104 cm³/mol. The van der Waals surface area contributed by atoms with E-state index in [1.54, 1.807) is 4.90 Å². The van der Waals surface area contributed by atoms with Crippen LogP contribution < -0.4 is 26.7 Å². The Bertz CT molecular complexity index is 802. The number of H-pyrrole nitrogens is 1. The molecule has 134 valence electrons. The Morgan fingerprint density at radius 1 is 1.32 bits per heavy atom. The molecule has 0 bridgehead atoms. The molecule has 0 spiro atoms. The molecular formula is C18H25N5OS. The first-order valence-electron chi connectivity index (χ1n) is 8.56. The molecule has 0 aliphatic carbocycles. The van der Waals surface area contributed by atoms with E-state index in [2.05, 4.69) is 46.1 Å². The number of aliphatic hydroxyl groups excluding tert-OH is 1. The van der Waals surface area contributed by atoms with Gasteiger partial charge in [-0.05, 0) is 55.4 Å². The molecule has 2 aromatic rings. The van der Waals surface area contributed by atoms with E-state index in [1.807, 2.05) is 18.3 Å². The van der Waals surface area contributed by atoms with E-state index in [-0.39, 0.29) is 0 Å². The van der Waals surface area contributed by atoms with Gasteiger partial charge in [0.15, 0.2) is 0 Å². The molecule has 6 nitrogen and oxygen atoms in total. The van der Waals surface area contributed by atoms with E-state index >= 15 is 0 Å². The molecule has 25 heavy (non-hydrogen) atoms. The second kappa shape index (κ2) is 8.53. The summed E-state index contributed by atoms with van der Waals surface area (Å²) in [5.41, 5.74) is 9.39. The highest BCUT2D eigenvalue weighted by atomic mass is 32.1. The minimum absolute atomic E-state index is 0.703. The van der Waals surface area contributed by atoms with Crippen LogP contribution in [0.15, 0.2) is 35.3 Å². The monoisotopic (exact) mass is 359 g/mol. The number of aromatic nitrogens is 1. The summed E-state index contributed by atoms with van der Waals surface area (Å²) in [5.74, 6) is 0.770. The number of rotatable bonds is 8. The quantitative estimate of drug-likeness (QED) is 0.341. The number of aryl methyl sites for hydroxylation is 1. The van der Waals surface area contributed by atoms with Gasteiger partial charge in [0.2, 0.25) is 6.35 Å². The summed E-state index contributed by atoms with van der Waals surface area (Å²) in [7, 11) is 0. The fourth-order valence-corrected chi connectivity index (χ4v) is 3.07. The van der Waals surface area contributed by atoms with Gasteiger partial charge in [-0.3, -0.25) is 0 Å². The number of aliphatic hydroxyl groups is 1. The third-order valence-electron chi connectivity index (χ3n) is 4.16. The highest BCUT2D eigenvalue weighted by Gasteiger charge is 2.17. The van der Waals surface area contributed by atoms with E-state index in [9.17, 15) is 5.11 Å². The lowest BCUT2D eigenvalue weighted by Gasteiger charge is -2.25. The van der Waals surface area contributed by atoms with Gasteiger partial charge in [0.1, 0.15) is 5.49 Å². The van der Waals surface area contributed by atoms with Crippen molar-refractivity contribution in [2.24, 2.45) is 10.7 Å². The third kappa shape index (κ3) is 4.43. The molecule has 1 aromatic carbocycles. The van der Waals surface area contributed by atoms with Crippen LogP contribution in [0, 0.1) is 0 Å². The number of hydrogen-bond donors (Lipinski definition) is 5. The zero-order valence-corrected chi connectivity index (χ0v) is 15.0. The van der Waals surface area contributed by atoms with Crippen LogP contribution in [-0.2, 0) is 13.0 Å². The molecular weight excluding hydrogens is 334 g/mol. The second-order valence-electron chi connectivity index (χ2n) is 6.07. The number of aromatic amines is 1. The van der Waals surface area contributed by atoms with Crippen molar-refractivity contribution in [3.05, 3.63) is 52.3 Å². The Morgan fingerprint density at radius 2 is 2.12 bits per heavy atom. The Balaban J connectivity index is 1.73. The summed E-state index contributed by atoms with van der Waals surface area (Å²) in [6.07, 6.45) is 2.83. The van der Waals surface area contributed by atoms with Crippen LogP contribution in [0.4, 0.5) is 5.69 Å². The fraction of sp³-hybridized carbons (Fsp3) is 0.389. The van der Waals surface area contributed by atoms with Crippen LogP contribution in [0.1, 0.15) is 17.7 Å². The van der Waals surface area contributed by atoms with Crippen molar-refractivity contribution in [3.63, 3.8) is 0 Å². The largest absolute Gasteiger partial charge is 0.355 e. The number of hydrogen-bond acceptors (Lipinski definition) is 6. The summed E-state index contributed by atoms with van der Waals surface area (Å²) in [6.45, 7) is 2.43. The first kappa shape index (κ1) is 18.0. The molecule has 0 amide bonds. The van der Waals surface area contributed by atoms with Crippen LogP contribution in [0.3, 0.4) is 0 Å². The number of thiol groups is 1. The fourth-order valence-electron chi connectivity index (χ4n) is 2.82. The van der Waals surface area contributed by atoms with Gasteiger partial charge in [-0.25, -0.2) is 4.99 Å². The Hall–Kier alpha value is -1.80. The third-order valence-corrected chi connectivity index (χ3v) is 4.38. The van der Waals surface area contributed by atoms with E-state index in [0.29, 0.717) is 6.54 Å².